The second-order valence-electron chi connectivity index (χ2n) is 6.37. The molecule has 0 spiro atoms. The Kier molecular flexibility index (Phi) is 4.68. The fraction of sp³-hybridized carbons (Fsp3) is 0.733. The molecule has 0 bridgehead atoms. The average Bonchev–Trinajstić information content (AvgIpc) is 2.47. The second-order valence-corrected chi connectivity index (χ2v) is 6.37. The first-order chi connectivity index (χ1) is 9.88. The van der Waals surface area contributed by atoms with Gasteiger partial charge in [-0.15, -0.1) is 0 Å². The van der Waals surface area contributed by atoms with Crippen LogP contribution < -0.4 is 16.6 Å². The topological polar surface area (TPSA) is 76.3 Å². The van der Waals surface area contributed by atoms with Crippen molar-refractivity contribution in [3.05, 3.63) is 32.6 Å². The van der Waals surface area contributed by atoms with Crippen LogP contribution in [-0.2, 0) is 20.6 Å². The summed E-state index contributed by atoms with van der Waals surface area (Å²) in [4.78, 5) is 23.6. The molecule has 2 N–H and O–H groups in total. The van der Waals surface area contributed by atoms with Crippen molar-refractivity contribution >= 4 is 0 Å². The third-order valence-corrected chi connectivity index (χ3v) is 4.66. The summed E-state index contributed by atoms with van der Waals surface area (Å²) in [5.41, 5.74) is -0.275. The zero-order valence-electron chi connectivity index (χ0n) is 13.1. The molecule has 1 aromatic rings. The Hall–Kier alpha value is -1.40. The molecule has 1 aromatic heterocycles. The van der Waals surface area contributed by atoms with E-state index in [1.165, 1.54) is 24.1 Å². The number of hydrogen-bond donors (Lipinski definition) is 2. The normalized spacial score (nSPS) is 26.0. The summed E-state index contributed by atoms with van der Waals surface area (Å²) in [6.07, 6.45) is 4.12. The fourth-order valence-corrected chi connectivity index (χ4v) is 3.25. The summed E-state index contributed by atoms with van der Waals surface area (Å²) in [5, 5.41) is 13.2. The van der Waals surface area contributed by atoms with Crippen molar-refractivity contribution in [1.82, 2.24) is 14.5 Å². The van der Waals surface area contributed by atoms with Crippen molar-refractivity contribution in [2.24, 2.45) is 20.0 Å². The predicted molar refractivity (Wildman–Crippen MR) is 81.2 cm³/mol. The van der Waals surface area contributed by atoms with Gasteiger partial charge < -0.3 is 10.4 Å². The lowest BCUT2D eigenvalue weighted by molar-refractivity contribution is 0.0975. The Balaban J connectivity index is 2.19. The lowest BCUT2D eigenvalue weighted by Crippen LogP contribution is -2.51. The van der Waals surface area contributed by atoms with Gasteiger partial charge in [0, 0.05) is 37.9 Å². The third kappa shape index (κ3) is 3.27. The van der Waals surface area contributed by atoms with Crippen LogP contribution >= 0.6 is 0 Å². The molecule has 21 heavy (non-hydrogen) atoms. The van der Waals surface area contributed by atoms with E-state index >= 15 is 0 Å². The summed E-state index contributed by atoms with van der Waals surface area (Å²) >= 11 is 0. The fourth-order valence-electron chi connectivity index (χ4n) is 3.25. The highest BCUT2D eigenvalue weighted by Crippen LogP contribution is 2.32. The lowest BCUT2D eigenvalue weighted by atomic mass is 9.77. The number of hydrogen-bond acceptors (Lipinski definition) is 4. The maximum absolute atomic E-state index is 11.9. The summed E-state index contributed by atoms with van der Waals surface area (Å²) < 4.78 is 2.57. The number of nitrogens with zero attached hydrogens (tertiary/aromatic N) is 2. The molecular weight excluding hydrogens is 270 g/mol. The molecular formula is C15H25N3O3. The van der Waals surface area contributed by atoms with Crippen LogP contribution in [0.3, 0.4) is 0 Å². The molecule has 0 amide bonds. The van der Waals surface area contributed by atoms with E-state index in [4.69, 9.17) is 0 Å². The van der Waals surface area contributed by atoms with E-state index in [-0.39, 0.29) is 23.4 Å². The van der Waals surface area contributed by atoms with Crippen LogP contribution in [0.25, 0.3) is 0 Å². The highest BCUT2D eigenvalue weighted by atomic mass is 16.3. The van der Waals surface area contributed by atoms with Gasteiger partial charge in [-0.25, -0.2) is 4.79 Å². The first-order valence-electron chi connectivity index (χ1n) is 7.50. The molecule has 2 unspecified atom stereocenters. The lowest BCUT2D eigenvalue weighted by Gasteiger charge is -2.39. The Morgan fingerprint density at radius 1 is 1.38 bits per heavy atom. The van der Waals surface area contributed by atoms with E-state index in [2.05, 4.69) is 12.2 Å². The van der Waals surface area contributed by atoms with E-state index in [9.17, 15) is 14.7 Å². The molecule has 1 aliphatic rings. The molecule has 118 valence electrons. The number of aromatic nitrogens is 2. The molecule has 2 rings (SSSR count). The van der Waals surface area contributed by atoms with Gasteiger partial charge in [-0.3, -0.25) is 13.9 Å². The van der Waals surface area contributed by atoms with E-state index in [1.807, 2.05) is 0 Å². The highest BCUT2D eigenvalue weighted by Gasteiger charge is 2.33. The monoisotopic (exact) mass is 295 g/mol. The van der Waals surface area contributed by atoms with Crippen LogP contribution in [0.1, 0.15) is 38.3 Å². The predicted octanol–water partition coefficient (Wildman–Crippen LogP) is 0.115. The number of aliphatic hydroxyl groups is 1. The molecule has 2 atom stereocenters. The maximum atomic E-state index is 11.9. The summed E-state index contributed by atoms with van der Waals surface area (Å²) in [6, 6.07) is 1.48. The molecule has 1 heterocycles. The van der Waals surface area contributed by atoms with E-state index in [1.54, 1.807) is 7.05 Å². The minimum Gasteiger partial charge on any atom is -0.394 e. The SMILES string of the molecule is CC1CCCC(CO)(NCc2cc(=O)n(C)c(=O)n2C)C1. The molecule has 0 saturated heterocycles. The summed E-state index contributed by atoms with van der Waals surface area (Å²) in [7, 11) is 3.13. The van der Waals surface area contributed by atoms with Gasteiger partial charge in [0.1, 0.15) is 0 Å². The van der Waals surface area contributed by atoms with Gasteiger partial charge in [0.15, 0.2) is 0 Å². The Bertz CT molecular complexity index is 620. The summed E-state index contributed by atoms with van der Waals surface area (Å²) in [5.74, 6) is 0.575. The van der Waals surface area contributed by atoms with Gasteiger partial charge in [-0.05, 0) is 18.8 Å². The number of aliphatic hydroxyl groups excluding tert-OH is 1. The van der Waals surface area contributed by atoms with Crippen molar-refractivity contribution in [2.45, 2.75) is 44.7 Å². The highest BCUT2D eigenvalue weighted by molar-refractivity contribution is 5.04. The van der Waals surface area contributed by atoms with Crippen LogP contribution in [0, 0.1) is 5.92 Å². The Morgan fingerprint density at radius 3 is 2.71 bits per heavy atom. The molecule has 1 aliphatic carbocycles. The molecule has 0 aromatic carbocycles. The number of nitrogens with one attached hydrogen (secondary N) is 1. The molecule has 0 radical (unpaired) electrons. The summed E-state index contributed by atoms with van der Waals surface area (Å²) in [6.45, 7) is 2.69. The minimum absolute atomic E-state index is 0.0795. The van der Waals surface area contributed by atoms with Crippen LogP contribution in [-0.4, -0.2) is 26.4 Å². The Morgan fingerprint density at radius 2 is 2.10 bits per heavy atom. The van der Waals surface area contributed by atoms with E-state index in [0.29, 0.717) is 18.2 Å². The third-order valence-electron chi connectivity index (χ3n) is 4.66. The first kappa shape index (κ1) is 16.0. The van der Waals surface area contributed by atoms with Crippen LogP contribution in [0.4, 0.5) is 0 Å². The van der Waals surface area contributed by atoms with Crippen LogP contribution in [0.15, 0.2) is 15.7 Å². The standard InChI is InChI=1S/C15H25N3O3/c1-11-5-4-6-15(8-11,10-19)16-9-12-7-13(20)18(3)14(21)17(12)2/h7,11,16,19H,4-6,8-10H2,1-3H3. The van der Waals surface area contributed by atoms with Gasteiger partial charge in [-0.1, -0.05) is 19.8 Å². The molecule has 1 fully saturated rings. The zero-order chi connectivity index (χ0) is 15.6. The van der Waals surface area contributed by atoms with Crippen LogP contribution in [0.2, 0.25) is 0 Å². The van der Waals surface area contributed by atoms with Crippen molar-refractivity contribution in [3.63, 3.8) is 0 Å². The van der Waals surface area contributed by atoms with Crippen molar-refractivity contribution in [1.29, 1.82) is 0 Å². The zero-order valence-corrected chi connectivity index (χ0v) is 13.1. The van der Waals surface area contributed by atoms with Gasteiger partial charge >= 0.3 is 5.69 Å². The quantitative estimate of drug-likeness (QED) is 0.827. The van der Waals surface area contributed by atoms with Gasteiger partial charge in [0.05, 0.1) is 6.61 Å². The smallest absolute Gasteiger partial charge is 0.330 e. The van der Waals surface area contributed by atoms with E-state index < -0.39 is 0 Å². The number of rotatable bonds is 4. The van der Waals surface area contributed by atoms with Gasteiger partial charge in [0.2, 0.25) is 0 Å². The molecule has 0 aliphatic heterocycles. The molecule has 6 nitrogen and oxygen atoms in total. The first-order valence-corrected chi connectivity index (χ1v) is 7.50. The Labute approximate surface area is 124 Å². The van der Waals surface area contributed by atoms with Crippen LogP contribution in [0.5, 0.6) is 0 Å². The largest absolute Gasteiger partial charge is 0.394 e. The van der Waals surface area contributed by atoms with Crippen molar-refractivity contribution in [2.75, 3.05) is 6.61 Å². The van der Waals surface area contributed by atoms with Gasteiger partial charge in [0.25, 0.3) is 5.56 Å². The molecule has 1 saturated carbocycles. The minimum atomic E-state index is -0.325. The molecule has 6 heteroatoms. The van der Waals surface area contributed by atoms with Crippen molar-refractivity contribution < 1.29 is 5.11 Å². The average molecular weight is 295 g/mol. The second kappa shape index (κ2) is 6.15. The van der Waals surface area contributed by atoms with E-state index in [0.717, 1.165) is 23.8 Å². The van der Waals surface area contributed by atoms with Gasteiger partial charge in [-0.2, -0.15) is 0 Å². The van der Waals surface area contributed by atoms with Crippen molar-refractivity contribution in [3.8, 4) is 0 Å². The maximum Gasteiger partial charge on any atom is 0.330 e.